The SMILES string of the molecule is CCN(CCC(OC)c1ccc(-c2noc(C)n2)cc1)Cc1ccccc1. The Morgan fingerprint density at radius 2 is 1.81 bits per heavy atom. The molecule has 0 radical (unpaired) electrons. The van der Waals surface area contributed by atoms with Crippen molar-refractivity contribution in [1.29, 1.82) is 0 Å². The molecular formula is C22H27N3O2. The maximum absolute atomic E-state index is 5.75. The minimum Gasteiger partial charge on any atom is -0.377 e. The number of aromatic nitrogens is 2. The number of hydrogen-bond donors (Lipinski definition) is 0. The second-order valence-electron chi connectivity index (χ2n) is 6.63. The Labute approximate surface area is 161 Å². The minimum atomic E-state index is 0.0656. The lowest BCUT2D eigenvalue weighted by atomic mass is 10.0. The van der Waals surface area contributed by atoms with Crippen LogP contribution in [0.25, 0.3) is 11.4 Å². The molecule has 0 bridgehead atoms. The van der Waals surface area contributed by atoms with Crippen molar-refractivity contribution in [1.82, 2.24) is 15.0 Å². The van der Waals surface area contributed by atoms with E-state index in [1.54, 1.807) is 14.0 Å². The van der Waals surface area contributed by atoms with Crippen LogP contribution in [0.2, 0.25) is 0 Å². The van der Waals surface area contributed by atoms with Gasteiger partial charge in [-0.25, -0.2) is 0 Å². The van der Waals surface area contributed by atoms with E-state index < -0.39 is 0 Å². The summed E-state index contributed by atoms with van der Waals surface area (Å²) in [7, 11) is 1.77. The zero-order chi connectivity index (χ0) is 19.1. The van der Waals surface area contributed by atoms with Gasteiger partial charge >= 0.3 is 0 Å². The Morgan fingerprint density at radius 1 is 1.07 bits per heavy atom. The minimum absolute atomic E-state index is 0.0656. The average Bonchev–Trinajstić information content (AvgIpc) is 3.15. The molecule has 2 aromatic carbocycles. The molecule has 1 unspecified atom stereocenters. The fourth-order valence-corrected chi connectivity index (χ4v) is 3.17. The van der Waals surface area contributed by atoms with Crippen LogP contribution in [0.5, 0.6) is 0 Å². The quantitative estimate of drug-likeness (QED) is 0.553. The van der Waals surface area contributed by atoms with Gasteiger partial charge < -0.3 is 9.26 Å². The molecule has 0 aliphatic heterocycles. The predicted molar refractivity (Wildman–Crippen MR) is 106 cm³/mol. The van der Waals surface area contributed by atoms with Crippen molar-refractivity contribution in [3.05, 3.63) is 71.6 Å². The molecular weight excluding hydrogens is 338 g/mol. The molecule has 5 heteroatoms. The number of benzene rings is 2. The zero-order valence-electron chi connectivity index (χ0n) is 16.3. The maximum atomic E-state index is 5.75. The lowest BCUT2D eigenvalue weighted by molar-refractivity contribution is 0.0827. The third-order valence-electron chi connectivity index (χ3n) is 4.76. The summed E-state index contributed by atoms with van der Waals surface area (Å²) in [6, 6.07) is 18.8. The van der Waals surface area contributed by atoms with Crippen molar-refractivity contribution in [2.45, 2.75) is 32.9 Å². The highest BCUT2D eigenvalue weighted by Crippen LogP contribution is 2.24. The lowest BCUT2D eigenvalue weighted by Crippen LogP contribution is -2.25. The van der Waals surface area contributed by atoms with E-state index in [2.05, 4.69) is 64.4 Å². The van der Waals surface area contributed by atoms with Crippen molar-refractivity contribution in [3.63, 3.8) is 0 Å². The van der Waals surface area contributed by atoms with Crippen molar-refractivity contribution < 1.29 is 9.26 Å². The average molecular weight is 365 g/mol. The fourth-order valence-electron chi connectivity index (χ4n) is 3.17. The number of hydrogen-bond acceptors (Lipinski definition) is 5. The third kappa shape index (κ3) is 5.25. The molecule has 0 saturated carbocycles. The van der Waals surface area contributed by atoms with Crippen LogP contribution in [0.4, 0.5) is 0 Å². The van der Waals surface area contributed by atoms with Crippen LogP contribution in [0.3, 0.4) is 0 Å². The highest BCUT2D eigenvalue weighted by Gasteiger charge is 2.14. The summed E-state index contributed by atoms with van der Waals surface area (Å²) in [4.78, 5) is 6.71. The van der Waals surface area contributed by atoms with Gasteiger partial charge in [0.2, 0.25) is 11.7 Å². The van der Waals surface area contributed by atoms with Gasteiger partial charge in [-0.05, 0) is 24.1 Å². The normalized spacial score (nSPS) is 12.4. The third-order valence-corrected chi connectivity index (χ3v) is 4.76. The Morgan fingerprint density at radius 3 is 2.41 bits per heavy atom. The van der Waals surface area contributed by atoms with Crippen LogP contribution in [0.15, 0.2) is 59.1 Å². The molecule has 3 aromatic rings. The first kappa shape index (κ1) is 19.3. The molecule has 1 aromatic heterocycles. The van der Waals surface area contributed by atoms with Crippen LogP contribution in [-0.2, 0) is 11.3 Å². The molecule has 0 fully saturated rings. The van der Waals surface area contributed by atoms with Gasteiger partial charge in [0, 0.05) is 32.7 Å². The Hall–Kier alpha value is -2.50. The number of methoxy groups -OCH3 is 1. The molecule has 0 aliphatic rings. The number of aryl methyl sites for hydroxylation is 1. The second-order valence-corrected chi connectivity index (χ2v) is 6.63. The molecule has 0 amide bonds. The first-order valence-corrected chi connectivity index (χ1v) is 9.39. The van der Waals surface area contributed by atoms with Crippen LogP contribution in [-0.4, -0.2) is 35.2 Å². The van der Waals surface area contributed by atoms with Gasteiger partial charge in [-0.2, -0.15) is 4.98 Å². The molecule has 27 heavy (non-hydrogen) atoms. The van der Waals surface area contributed by atoms with Gasteiger partial charge in [0.15, 0.2) is 0 Å². The standard InChI is InChI=1S/C22H27N3O2/c1-4-25(16-18-8-6-5-7-9-18)15-14-21(26-3)19-10-12-20(13-11-19)22-23-17(2)27-24-22/h5-13,21H,4,14-16H2,1-3H3. The van der Waals surface area contributed by atoms with Crippen LogP contribution < -0.4 is 0 Å². The van der Waals surface area contributed by atoms with Crippen LogP contribution in [0.1, 0.15) is 36.5 Å². The Kier molecular flexibility index (Phi) is 6.74. The number of rotatable bonds is 9. The Bertz CT molecular complexity index is 815. The summed E-state index contributed by atoms with van der Waals surface area (Å²) < 4.78 is 10.8. The van der Waals surface area contributed by atoms with E-state index in [0.29, 0.717) is 11.7 Å². The van der Waals surface area contributed by atoms with E-state index in [1.807, 2.05) is 12.1 Å². The second kappa shape index (κ2) is 9.44. The molecule has 1 atom stereocenters. The zero-order valence-corrected chi connectivity index (χ0v) is 16.3. The van der Waals surface area contributed by atoms with Gasteiger partial charge in [0.1, 0.15) is 0 Å². The van der Waals surface area contributed by atoms with Gasteiger partial charge in [0.25, 0.3) is 0 Å². The van der Waals surface area contributed by atoms with Crippen molar-refractivity contribution in [2.75, 3.05) is 20.2 Å². The molecule has 0 spiro atoms. The monoisotopic (exact) mass is 365 g/mol. The summed E-state index contributed by atoms with van der Waals surface area (Å²) in [6.07, 6.45) is 1.01. The van der Waals surface area contributed by atoms with E-state index >= 15 is 0 Å². The van der Waals surface area contributed by atoms with Crippen LogP contribution in [0, 0.1) is 6.92 Å². The van der Waals surface area contributed by atoms with Crippen molar-refractivity contribution in [3.8, 4) is 11.4 Å². The van der Waals surface area contributed by atoms with E-state index in [0.717, 1.165) is 37.2 Å². The summed E-state index contributed by atoms with van der Waals surface area (Å²) in [5.74, 6) is 1.19. The molecule has 0 aliphatic carbocycles. The molecule has 0 N–H and O–H groups in total. The largest absolute Gasteiger partial charge is 0.377 e. The van der Waals surface area contributed by atoms with Gasteiger partial charge in [-0.3, -0.25) is 4.90 Å². The molecule has 5 nitrogen and oxygen atoms in total. The summed E-state index contributed by atoms with van der Waals surface area (Å²) in [5, 5.41) is 3.97. The first-order chi connectivity index (χ1) is 13.2. The van der Waals surface area contributed by atoms with Gasteiger partial charge in [0.05, 0.1) is 6.10 Å². The predicted octanol–water partition coefficient (Wildman–Crippen LogP) is 4.64. The molecule has 1 heterocycles. The Balaban J connectivity index is 1.60. The van der Waals surface area contributed by atoms with Crippen LogP contribution >= 0.6 is 0 Å². The van der Waals surface area contributed by atoms with E-state index in [-0.39, 0.29) is 6.10 Å². The molecule has 3 rings (SSSR count). The lowest BCUT2D eigenvalue weighted by Gasteiger charge is -2.24. The smallest absolute Gasteiger partial charge is 0.223 e. The highest BCUT2D eigenvalue weighted by molar-refractivity contribution is 5.54. The van der Waals surface area contributed by atoms with E-state index in [4.69, 9.17) is 9.26 Å². The number of nitrogens with zero attached hydrogens (tertiary/aromatic N) is 3. The number of ether oxygens (including phenoxy) is 1. The van der Waals surface area contributed by atoms with Crippen molar-refractivity contribution in [2.24, 2.45) is 0 Å². The maximum Gasteiger partial charge on any atom is 0.223 e. The molecule has 0 saturated heterocycles. The van der Waals surface area contributed by atoms with Gasteiger partial charge in [-0.1, -0.05) is 66.7 Å². The van der Waals surface area contributed by atoms with E-state index in [1.165, 1.54) is 5.56 Å². The summed E-state index contributed by atoms with van der Waals surface area (Å²) >= 11 is 0. The fraction of sp³-hybridized carbons (Fsp3) is 0.364. The van der Waals surface area contributed by atoms with E-state index in [9.17, 15) is 0 Å². The molecule has 142 valence electrons. The van der Waals surface area contributed by atoms with Crippen molar-refractivity contribution >= 4 is 0 Å². The highest BCUT2D eigenvalue weighted by atomic mass is 16.5. The topological polar surface area (TPSA) is 51.4 Å². The summed E-state index contributed by atoms with van der Waals surface area (Å²) in [5.41, 5.74) is 3.45. The summed E-state index contributed by atoms with van der Waals surface area (Å²) in [6.45, 7) is 6.95. The van der Waals surface area contributed by atoms with Gasteiger partial charge in [-0.15, -0.1) is 0 Å². The first-order valence-electron chi connectivity index (χ1n) is 9.39.